The molecule has 0 atom stereocenters. The molecular weight excluding hydrogens is 452 g/mol. The first kappa shape index (κ1) is 20.3. The molecule has 0 bridgehead atoms. The van der Waals surface area contributed by atoms with E-state index < -0.39 is 16.0 Å². The average molecular weight is 455 g/mol. The zero-order valence-corrected chi connectivity index (χ0v) is 15.3. The molecule has 0 amide bonds. The van der Waals surface area contributed by atoms with E-state index in [1.807, 2.05) is 0 Å². The van der Waals surface area contributed by atoms with Crippen LogP contribution in [-0.4, -0.2) is 20.1 Å². The second kappa shape index (κ2) is 7.29. The molecule has 1 heterocycles. The number of nitriles is 1. The number of alkyl halides is 6. The molecule has 0 saturated heterocycles. The van der Waals surface area contributed by atoms with E-state index in [2.05, 4.69) is 9.84 Å². The number of ether oxygens (including phenoxy) is 1. The first-order valence-corrected chi connectivity index (χ1v) is 8.23. The summed E-state index contributed by atoms with van der Waals surface area (Å²) in [4.78, 5) is -0.0299. The minimum atomic E-state index is -4.93. The van der Waals surface area contributed by atoms with Gasteiger partial charge in [-0.05, 0) is 11.8 Å². The molecule has 1 aromatic carbocycles. The molecule has 0 aliphatic heterocycles. The molecule has 134 valence electrons. The lowest BCUT2D eigenvalue weighted by Gasteiger charge is -2.12. The van der Waals surface area contributed by atoms with Crippen LogP contribution in [-0.2, 0) is 0 Å². The topological polar surface area (TPSA) is 50.8 Å². The molecule has 0 saturated carbocycles. The summed E-state index contributed by atoms with van der Waals surface area (Å²) in [6, 6.07) is 3.41. The molecule has 2 aromatic rings. The van der Waals surface area contributed by atoms with Crippen LogP contribution < -0.4 is 4.74 Å². The van der Waals surface area contributed by atoms with Gasteiger partial charge in [0.2, 0.25) is 0 Å². The van der Waals surface area contributed by atoms with Crippen LogP contribution in [0.5, 0.6) is 5.75 Å². The molecule has 0 N–H and O–H groups in total. The van der Waals surface area contributed by atoms with E-state index in [0.717, 1.165) is 23.0 Å². The lowest BCUT2D eigenvalue weighted by molar-refractivity contribution is -0.274. The molecule has 0 aliphatic rings. The number of nitrogens with zero attached hydrogens (tertiary/aromatic N) is 3. The van der Waals surface area contributed by atoms with Crippen molar-refractivity contribution in [3.05, 3.63) is 34.1 Å². The molecule has 0 aliphatic carbocycles. The Balaban J connectivity index is 2.47. The van der Waals surface area contributed by atoms with Crippen molar-refractivity contribution in [3.8, 4) is 17.5 Å². The van der Waals surface area contributed by atoms with Crippen molar-refractivity contribution < 1.29 is 22.3 Å². The Morgan fingerprint density at radius 3 is 2.16 bits per heavy atom. The number of hydrogen-bond donors (Lipinski definition) is 0. The third kappa shape index (κ3) is 5.46. The molecule has 4 nitrogen and oxygen atoms in total. The Kier molecular flexibility index (Phi) is 5.91. The van der Waals surface area contributed by atoms with Crippen LogP contribution in [0.4, 0.5) is 17.6 Å². The fraction of sp³-hybridized carbons (Fsp3) is 0.167. The van der Waals surface area contributed by atoms with E-state index in [1.165, 1.54) is 0 Å². The van der Waals surface area contributed by atoms with Crippen LogP contribution >= 0.6 is 58.2 Å². The summed E-state index contributed by atoms with van der Waals surface area (Å²) in [7, 11) is 0. The Morgan fingerprint density at radius 1 is 1.16 bits per heavy atom. The van der Waals surface area contributed by atoms with Crippen molar-refractivity contribution in [2.75, 3.05) is 0 Å². The zero-order valence-electron chi connectivity index (χ0n) is 11.4. The lowest BCUT2D eigenvalue weighted by atomic mass is 10.3. The standard InChI is InChI=1S/C12H3Cl4F4N3OS/c13-6-1-5(24-12(18,19)20)2-7(14)10(6)23-4-9(8(3-21)22-23)25-11(15,16)17/h1-2,4H. The quantitative estimate of drug-likeness (QED) is 0.318. The van der Waals surface area contributed by atoms with Crippen molar-refractivity contribution >= 4 is 58.2 Å². The average Bonchev–Trinajstić information content (AvgIpc) is 2.76. The fourth-order valence-electron chi connectivity index (χ4n) is 1.70. The first-order chi connectivity index (χ1) is 11.4. The van der Waals surface area contributed by atoms with Gasteiger partial charge in [0, 0.05) is 18.3 Å². The van der Waals surface area contributed by atoms with Crippen molar-refractivity contribution in [2.24, 2.45) is 0 Å². The molecule has 0 unspecified atom stereocenters. The normalized spacial score (nSPS) is 12.1. The van der Waals surface area contributed by atoms with Gasteiger partial charge in [0.05, 0.1) is 14.9 Å². The van der Waals surface area contributed by atoms with Crippen molar-refractivity contribution in [3.63, 3.8) is 0 Å². The summed E-state index contributed by atoms with van der Waals surface area (Å²) in [5, 5.41) is 12.4. The highest BCUT2D eigenvalue weighted by Gasteiger charge is 2.32. The van der Waals surface area contributed by atoms with Crippen molar-refractivity contribution in [1.82, 2.24) is 9.78 Å². The van der Waals surface area contributed by atoms with Gasteiger partial charge < -0.3 is 4.74 Å². The molecule has 1 aromatic heterocycles. The summed E-state index contributed by atoms with van der Waals surface area (Å²) in [5.74, 6) is -0.641. The van der Waals surface area contributed by atoms with Gasteiger partial charge in [-0.25, -0.2) is 4.68 Å². The fourth-order valence-corrected chi connectivity index (χ4v) is 3.43. The van der Waals surface area contributed by atoms with Crippen LogP contribution in [0, 0.1) is 11.3 Å². The summed E-state index contributed by atoms with van der Waals surface area (Å²) < 4.78 is 52.1. The number of aromatic nitrogens is 2. The van der Waals surface area contributed by atoms with Crippen molar-refractivity contribution in [2.45, 2.75) is 15.2 Å². The lowest BCUT2D eigenvalue weighted by Crippen LogP contribution is -2.17. The van der Waals surface area contributed by atoms with Crippen molar-refractivity contribution in [1.29, 1.82) is 5.26 Å². The number of rotatable bonds is 4. The SMILES string of the molecule is N#Cc1nn(-c2c(Cl)cc(OC(F)(F)F)cc2Cl)cc1SC(F)(Cl)Cl. The van der Waals surface area contributed by atoms with Gasteiger partial charge in [0.15, 0.2) is 5.69 Å². The molecule has 0 fully saturated rings. The third-order valence-corrected chi connectivity index (χ3v) is 4.25. The monoisotopic (exact) mass is 453 g/mol. The second-order valence-electron chi connectivity index (χ2n) is 4.23. The Morgan fingerprint density at radius 2 is 1.72 bits per heavy atom. The van der Waals surface area contributed by atoms with Crippen LogP contribution in [0.2, 0.25) is 10.0 Å². The smallest absolute Gasteiger partial charge is 0.406 e. The maximum Gasteiger partial charge on any atom is 0.573 e. The number of benzene rings is 1. The highest BCUT2D eigenvalue weighted by atomic mass is 35.5. The Labute approximate surface area is 162 Å². The maximum atomic E-state index is 13.3. The third-order valence-electron chi connectivity index (χ3n) is 2.47. The highest BCUT2D eigenvalue weighted by molar-refractivity contribution is 8.03. The van der Waals surface area contributed by atoms with Gasteiger partial charge in [0.25, 0.3) is 0 Å². The summed E-state index contributed by atoms with van der Waals surface area (Å²) >= 11 is 22.6. The largest absolute Gasteiger partial charge is 0.573 e. The molecule has 25 heavy (non-hydrogen) atoms. The molecule has 0 spiro atoms. The van der Waals surface area contributed by atoms with Crippen LogP contribution in [0.3, 0.4) is 0 Å². The molecule has 2 rings (SSSR count). The second-order valence-corrected chi connectivity index (χ2v) is 7.93. The maximum absolute atomic E-state index is 13.3. The van der Waals surface area contributed by atoms with E-state index in [-0.39, 0.29) is 38.1 Å². The molecule has 0 radical (unpaired) electrons. The van der Waals surface area contributed by atoms with Gasteiger partial charge in [-0.1, -0.05) is 46.4 Å². The minimum absolute atomic E-state index is 0.0299. The van der Waals surface area contributed by atoms with E-state index in [1.54, 1.807) is 6.07 Å². The van der Waals surface area contributed by atoms with Crippen LogP contribution in [0.1, 0.15) is 5.69 Å². The summed E-state index contributed by atoms with van der Waals surface area (Å²) in [6.07, 6.45) is -3.78. The number of halogens is 8. The van der Waals surface area contributed by atoms with E-state index in [0.29, 0.717) is 0 Å². The zero-order chi connectivity index (χ0) is 19.0. The molecular formula is C12H3Cl4F4N3OS. The van der Waals surface area contributed by atoms with Gasteiger partial charge in [-0.15, -0.1) is 13.2 Å². The van der Waals surface area contributed by atoms with Crippen LogP contribution in [0.25, 0.3) is 5.69 Å². The van der Waals surface area contributed by atoms with Crippen LogP contribution in [0.15, 0.2) is 23.2 Å². The van der Waals surface area contributed by atoms with Gasteiger partial charge in [0.1, 0.15) is 17.5 Å². The predicted octanol–water partition coefficient (Wildman–Crippen LogP) is 6.10. The molecule has 13 heteroatoms. The van der Waals surface area contributed by atoms with Gasteiger partial charge in [-0.3, -0.25) is 0 Å². The number of thioether (sulfide) groups is 1. The Bertz CT molecular complexity index is 821. The van der Waals surface area contributed by atoms with E-state index in [9.17, 15) is 17.6 Å². The van der Waals surface area contributed by atoms with Gasteiger partial charge in [-0.2, -0.15) is 14.8 Å². The summed E-state index contributed by atoms with van der Waals surface area (Å²) in [6.45, 7) is 0. The van der Waals surface area contributed by atoms with E-state index in [4.69, 9.17) is 51.7 Å². The Hall–Kier alpha value is -1.05. The minimum Gasteiger partial charge on any atom is -0.406 e. The van der Waals surface area contributed by atoms with Gasteiger partial charge >= 0.3 is 10.3 Å². The summed E-state index contributed by atoms with van der Waals surface area (Å²) in [5.41, 5.74) is -0.286. The highest BCUT2D eigenvalue weighted by Crippen LogP contribution is 2.43. The predicted molar refractivity (Wildman–Crippen MR) is 86.4 cm³/mol. The number of hydrogen-bond acceptors (Lipinski definition) is 4. The van der Waals surface area contributed by atoms with E-state index >= 15 is 0 Å². The first-order valence-electron chi connectivity index (χ1n) is 5.90.